The number of carboxylic acid groups (broad SMARTS) is 1. The highest BCUT2D eigenvalue weighted by Crippen LogP contribution is 2.35. The summed E-state index contributed by atoms with van der Waals surface area (Å²) in [7, 11) is 1.87. The van der Waals surface area contributed by atoms with Crippen LogP contribution in [0.1, 0.15) is 44.6 Å². The minimum Gasteiger partial charge on any atom is -0.481 e. The van der Waals surface area contributed by atoms with Crippen LogP contribution < -0.4 is 15.5 Å². The topological polar surface area (TPSA) is 153 Å². The van der Waals surface area contributed by atoms with Gasteiger partial charge in [-0.1, -0.05) is 0 Å². The third-order valence-electron chi connectivity index (χ3n) is 8.95. The van der Waals surface area contributed by atoms with Gasteiger partial charge in [0.25, 0.3) is 0 Å². The summed E-state index contributed by atoms with van der Waals surface area (Å²) in [5.41, 5.74) is 4.18. The van der Waals surface area contributed by atoms with Gasteiger partial charge in [0, 0.05) is 73.4 Å². The van der Waals surface area contributed by atoms with E-state index in [1.165, 1.54) is 0 Å². The molecule has 48 heavy (non-hydrogen) atoms. The van der Waals surface area contributed by atoms with E-state index in [9.17, 15) is 33.1 Å². The summed E-state index contributed by atoms with van der Waals surface area (Å²) in [4.78, 5) is 29.7. The lowest BCUT2D eigenvalue weighted by Crippen LogP contribution is -2.43. The molecule has 4 aromatic heterocycles. The number of nitrogens with zero attached hydrogens (tertiary/aromatic N) is 7. The van der Waals surface area contributed by atoms with Gasteiger partial charge in [-0.3, -0.25) is 14.3 Å². The van der Waals surface area contributed by atoms with Crippen molar-refractivity contribution in [1.29, 1.82) is 5.26 Å². The number of carbonyl (C=O) groups excluding carboxylic acids is 1. The molecule has 2 saturated heterocycles. The number of amides is 1. The van der Waals surface area contributed by atoms with Gasteiger partial charge >= 0.3 is 12.1 Å². The Labute approximate surface area is 275 Å². The quantitative estimate of drug-likeness (QED) is 0.261. The fraction of sp³-hybridized carbons (Fsp3) is 0.455. The Hall–Kier alpha value is -4.97. The smallest absolute Gasteiger partial charge is 0.390 e. The van der Waals surface area contributed by atoms with Gasteiger partial charge in [0.05, 0.1) is 35.3 Å². The third kappa shape index (κ3) is 8.11. The molecule has 12 nitrogen and oxygen atoms in total. The van der Waals surface area contributed by atoms with Crippen LogP contribution in [0.5, 0.6) is 0 Å². The molecular formula is C33H38F3N9O3. The van der Waals surface area contributed by atoms with E-state index in [1.807, 2.05) is 44.6 Å². The van der Waals surface area contributed by atoms with E-state index >= 15 is 0 Å². The van der Waals surface area contributed by atoms with E-state index in [-0.39, 0.29) is 18.4 Å². The Bertz CT molecular complexity index is 1780. The number of aromatic nitrogens is 5. The monoisotopic (exact) mass is 665 g/mol. The van der Waals surface area contributed by atoms with Crippen molar-refractivity contribution in [3.8, 4) is 28.3 Å². The van der Waals surface area contributed by atoms with Gasteiger partial charge in [0.15, 0.2) is 0 Å². The number of halogens is 3. The second-order valence-electron chi connectivity index (χ2n) is 12.4. The molecule has 0 saturated carbocycles. The number of aryl methyl sites for hydroxylation is 1. The number of piperidine rings is 2. The molecule has 0 aromatic carbocycles. The first kappa shape index (κ1) is 34.4. The summed E-state index contributed by atoms with van der Waals surface area (Å²) >= 11 is 0. The average molecular weight is 666 g/mol. The number of hydrogen-bond acceptors (Lipinski definition) is 8. The van der Waals surface area contributed by atoms with E-state index < -0.39 is 24.0 Å². The average Bonchev–Trinajstić information content (AvgIpc) is 3.71. The van der Waals surface area contributed by atoms with Crippen molar-refractivity contribution in [2.75, 3.05) is 37.6 Å². The number of alkyl halides is 3. The first-order chi connectivity index (χ1) is 22.9. The van der Waals surface area contributed by atoms with E-state index in [2.05, 4.69) is 36.8 Å². The SMILES string of the molecule is Cn1cc(-c2cc(-c3ccc(N4CCC(C)(C(=O)O)CC4)nc3)c3c(C#N)cnn3c2)cn1.O=C(NCCC(F)(F)F)C1CCNCC1. The standard InChI is InChI=1S/C24H23N7O2.C9H15F3N2O/c1-24(23(32)33)5-7-30(8-6-24)21-4-3-16(11-26-21)20-9-17(19-13-27-29(2)14-19)15-31-22(20)18(10-25)12-28-31;10-9(11,12)3-6-14-8(15)7-1-4-13-5-2-7/h3-4,9,11-15H,5-8H2,1-2H3,(H,32,33);7,13H,1-6H2,(H,14,15). The van der Waals surface area contributed by atoms with Crippen molar-refractivity contribution in [3.63, 3.8) is 0 Å². The number of pyridine rings is 2. The van der Waals surface area contributed by atoms with Gasteiger partial charge in [-0.2, -0.15) is 28.6 Å². The molecule has 0 bridgehead atoms. The van der Waals surface area contributed by atoms with Gasteiger partial charge in [-0.05, 0) is 63.9 Å². The number of nitrogens with one attached hydrogen (secondary N) is 2. The molecule has 4 aromatic rings. The maximum atomic E-state index is 11.8. The maximum Gasteiger partial charge on any atom is 0.390 e. The molecule has 1 amide bonds. The lowest BCUT2D eigenvalue weighted by Gasteiger charge is -2.37. The first-order valence-corrected chi connectivity index (χ1v) is 15.8. The predicted molar refractivity (Wildman–Crippen MR) is 172 cm³/mol. The molecule has 0 atom stereocenters. The molecule has 6 heterocycles. The lowest BCUT2D eigenvalue weighted by molar-refractivity contribution is -0.149. The summed E-state index contributed by atoms with van der Waals surface area (Å²) in [6, 6.07) is 8.20. The number of rotatable bonds is 7. The zero-order valence-corrected chi connectivity index (χ0v) is 26.8. The second kappa shape index (κ2) is 14.4. The number of aliphatic carboxylic acids is 1. The fourth-order valence-corrected chi connectivity index (χ4v) is 5.88. The zero-order chi connectivity index (χ0) is 34.5. The summed E-state index contributed by atoms with van der Waals surface area (Å²) < 4.78 is 38.8. The molecule has 6 rings (SSSR count). The predicted octanol–water partition coefficient (Wildman–Crippen LogP) is 4.41. The molecule has 15 heteroatoms. The van der Waals surface area contributed by atoms with Crippen molar-refractivity contribution in [1.82, 2.24) is 35.0 Å². The third-order valence-corrected chi connectivity index (χ3v) is 8.95. The highest BCUT2D eigenvalue weighted by Gasteiger charge is 2.37. The normalized spacial score (nSPS) is 16.5. The second-order valence-corrected chi connectivity index (χ2v) is 12.4. The molecular weight excluding hydrogens is 627 g/mol. The number of fused-ring (bicyclic) bond motifs is 1. The summed E-state index contributed by atoms with van der Waals surface area (Å²) in [5, 5.41) is 33.1. The molecule has 0 radical (unpaired) electrons. The van der Waals surface area contributed by atoms with E-state index in [1.54, 1.807) is 27.8 Å². The van der Waals surface area contributed by atoms with E-state index in [4.69, 9.17) is 0 Å². The Morgan fingerprint density at radius 1 is 1.08 bits per heavy atom. The zero-order valence-electron chi connectivity index (χ0n) is 26.8. The highest BCUT2D eigenvalue weighted by atomic mass is 19.4. The van der Waals surface area contributed by atoms with Crippen LogP contribution in [-0.2, 0) is 16.6 Å². The number of carboxylic acids is 1. The van der Waals surface area contributed by atoms with Gasteiger partial charge in [-0.15, -0.1) is 0 Å². The molecule has 0 spiro atoms. The lowest BCUT2D eigenvalue weighted by atomic mass is 9.80. The molecule has 254 valence electrons. The Morgan fingerprint density at radius 3 is 2.40 bits per heavy atom. The van der Waals surface area contributed by atoms with Crippen LogP contribution in [0.25, 0.3) is 27.8 Å². The molecule has 3 N–H and O–H groups in total. The summed E-state index contributed by atoms with van der Waals surface area (Å²) in [6.07, 6.45) is 6.43. The van der Waals surface area contributed by atoms with Crippen LogP contribution in [-0.4, -0.2) is 80.3 Å². The Kier molecular flexibility index (Phi) is 10.3. The van der Waals surface area contributed by atoms with Gasteiger partial charge in [-0.25, -0.2) is 9.50 Å². The van der Waals surface area contributed by atoms with Crippen LogP contribution in [0, 0.1) is 22.7 Å². The summed E-state index contributed by atoms with van der Waals surface area (Å²) in [6.45, 7) is 4.32. The van der Waals surface area contributed by atoms with Gasteiger partial charge in [0.1, 0.15) is 11.9 Å². The van der Waals surface area contributed by atoms with Crippen LogP contribution in [0.15, 0.2) is 49.2 Å². The van der Waals surface area contributed by atoms with Crippen molar-refractivity contribution in [3.05, 3.63) is 54.7 Å². The highest BCUT2D eigenvalue weighted by molar-refractivity contribution is 5.87. The molecule has 2 aliphatic rings. The number of carbonyl (C=O) groups is 2. The maximum absolute atomic E-state index is 11.8. The molecule has 2 fully saturated rings. The van der Waals surface area contributed by atoms with Crippen LogP contribution in [0.2, 0.25) is 0 Å². The van der Waals surface area contributed by atoms with Crippen molar-refractivity contribution in [2.45, 2.75) is 45.2 Å². The number of nitriles is 1. The van der Waals surface area contributed by atoms with Crippen LogP contribution in [0.3, 0.4) is 0 Å². The van der Waals surface area contributed by atoms with Crippen molar-refractivity contribution >= 4 is 23.2 Å². The Balaban J connectivity index is 0.000000253. The van der Waals surface area contributed by atoms with Crippen LogP contribution in [0.4, 0.5) is 19.0 Å². The number of hydrogen-bond donors (Lipinski definition) is 3. The number of anilines is 1. The fourth-order valence-electron chi connectivity index (χ4n) is 5.88. The van der Waals surface area contributed by atoms with Crippen molar-refractivity contribution < 1.29 is 27.9 Å². The van der Waals surface area contributed by atoms with Gasteiger partial charge < -0.3 is 20.6 Å². The minimum atomic E-state index is -4.19. The van der Waals surface area contributed by atoms with E-state index in [0.717, 1.165) is 46.7 Å². The van der Waals surface area contributed by atoms with Gasteiger partial charge in [0.2, 0.25) is 5.91 Å². The van der Waals surface area contributed by atoms with Crippen molar-refractivity contribution in [2.24, 2.45) is 18.4 Å². The molecule has 0 aliphatic carbocycles. The van der Waals surface area contributed by atoms with Crippen LogP contribution >= 0.6 is 0 Å². The molecule has 2 aliphatic heterocycles. The van der Waals surface area contributed by atoms with E-state index in [0.29, 0.717) is 44.3 Å². The summed E-state index contributed by atoms with van der Waals surface area (Å²) in [5.74, 6) is -0.294. The minimum absolute atomic E-state index is 0.125. The molecule has 0 unspecified atom stereocenters. The first-order valence-electron chi connectivity index (χ1n) is 15.8. The Morgan fingerprint density at radius 2 is 1.81 bits per heavy atom. The largest absolute Gasteiger partial charge is 0.481 e.